The van der Waals surface area contributed by atoms with Gasteiger partial charge in [0.2, 0.25) is 0 Å². The van der Waals surface area contributed by atoms with Crippen molar-refractivity contribution in [3.05, 3.63) is 103 Å². The molecule has 186 valence electrons. The largest absolute Gasteiger partial charge is 0.357 e. The molecule has 0 fully saturated rings. The topological polar surface area (TPSA) is 85.5 Å². The summed E-state index contributed by atoms with van der Waals surface area (Å²) < 4.78 is 0. The average Bonchev–Trinajstić information content (AvgIpc) is 3.62. The molecule has 37 heavy (non-hydrogen) atoms. The van der Waals surface area contributed by atoms with Crippen molar-refractivity contribution in [3.8, 4) is 22.6 Å². The van der Waals surface area contributed by atoms with Crippen LogP contribution in [0.4, 0.5) is 5.69 Å². The van der Waals surface area contributed by atoms with Gasteiger partial charge in [-0.25, -0.2) is 4.98 Å². The molecule has 0 spiro atoms. The van der Waals surface area contributed by atoms with Crippen molar-refractivity contribution in [3.63, 3.8) is 0 Å². The Balaban J connectivity index is 1.50. The van der Waals surface area contributed by atoms with Crippen molar-refractivity contribution >= 4 is 22.2 Å². The van der Waals surface area contributed by atoms with Crippen LogP contribution in [-0.4, -0.2) is 50.7 Å². The molecule has 0 unspecified atom stereocenters. The van der Waals surface area contributed by atoms with Gasteiger partial charge in [-0.05, 0) is 56.8 Å². The number of fused-ring (bicyclic) bond motifs is 1. The van der Waals surface area contributed by atoms with E-state index in [1.165, 1.54) is 0 Å². The van der Waals surface area contributed by atoms with Crippen LogP contribution in [0.25, 0.3) is 39.1 Å². The Labute approximate surface area is 217 Å². The first-order valence-corrected chi connectivity index (χ1v) is 12.2. The highest BCUT2D eigenvalue weighted by atomic mass is 15.1. The third kappa shape index (κ3) is 5.08. The van der Waals surface area contributed by atoms with Crippen LogP contribution in [-0.2, 0) is 0 Å². The zero-order valence-electron chi connectivity index (χ0n) is 21.5. The molecule has 7 nitrogen and oxygen atoms in total. The van der Waals surface area contributed by atoms with E-state index in [2.05, 4.69) is 80.0 Å². The molecule has 1 aromatic carbocycles. The van der Waals surface area contributed by atoms with Gasteiger partial charge in [0.1, 0.15) is 5.69 Å². The van der Waals surface area contributed by atoms with E-state index in [0.29, 0.717) is 0 Å². The van der Waals surface area contributed by atoms with Crippen molar-refractivity contribution in [2.75, 3.05) is 26.0 Å². The lowest BCUT2D eigenvalue weighted by molar-refractivity contribution is 0.447. The summed E-state index contributed by atoms with van der Waals surface area (Å²) in [6, 6.07) is 8.32. The van der Waals surface area contributed by atoms with E-state index in [1.807, 2.05) is 45.6 Å². The number of aryl methyl sites for hydroxylation is 1. The first kappa shape index (κ1) is 24.2. The molecule has 5 rings (SSSR count). The molecule has 0 radical (unpaired) electrons. The fourth-order valence-corrected chi connectivity index (χ4v) is 4.59. The van der Waals surface area contributed by atoms with Gasteiger partial charge in [-0.3, -0.25) is 10.1 Å². The van der Waals surface area contributed by atoms with E-state index < -0.39 is 0 Å². The number of allylic oxidation sites excluding steroid dienone is 7. The van der Waals surface area contributed by atoms with Crippen LogP contribution >= 0.6 is 0 Å². The van der Waals surface area contributed by atoms with E-state index in [1.54, 1.807) is 6.08 Å². The van der Waals surface area contributed by atoms with Crippen molar-refractivity contribution in [2.24, 2.45) is 0 Å². The number of hydrogen-bond acceptors (Lipinski definition) is 5. The summed E-state index contributed by atoms with van der Waals surface area (Å²) in [7, 11) is 4.03. The summed E-state index contributed by atoms with van der Waals surface area (Å²) in [6.45, 7) is 10.8. The standard InChI is InChI=1S/C30H31N7/c1-6-9-25(21-10-7-8-11-21)28-20(3)33-30(34-28)29-26-15-22(12-13-27(26)35-36-29)23-14-24(17-31-16-23)32-19(2)18-37(4)5/h6-7,9-17,32H,1-2,8,18H2,3-5H3,(H,33,34)(H,35,36)/b25-9-. The number of H-pyrrole nitrogens is 2. The second-order valence-electron chi connectivity index (χ2n) is 9.43. The molecule has 0 saturated carbocycles. The van der Waals surface area contributed by atoms with Gasteiger partial charge in [0, 0.05) is 40.7 Å². The molecule has 0 aliphatic heterocycles. The Bertz CT molecular complexity index is 1580. The van der Waals surface area contributed by atoms with Crippen molar-refractivity contribution in [2.45, 2.75) is 13.3 Å². The van der Waals surface area contributed by atoms with Gasteiger partial charge in [0.15, 0.2) is 5.82 Å². The summed E-state index contributed by atoms with van der Waals surface area (Å²) in [5, 5.41) is 12.1. The van der Waals surface area contributed by atoms with E-state index in [-0.39, 0.29) is 0 Å². The molecule has 4 aromatic rings. The number of rotatable bonds is 9. The number of aromatic amines is 2. The summed E-state index contributed by atoms with van der Waals surface area (Å²) in [5.41, 5.74) is 9.68. The Morgan fingerprint density at radius 2 is 2.05 bits per heavy atom. The van der Waals surface area contributed by atoms with Gasteiger partial charge >= 0.3 is 0 Å². The minimum atomic E-state index is 0.724. The zero-order valence-corrected chi connectivity index (χ0v) is 21.5. The molecule has 0 atom stereocenters. The summed E-state index contributed by atoms with van der Waals surface area (Å²) in [4.78, 5) is 14.9. The number of anilines is 1. The zero-order chi connectivity index (χ0) is 25.9. The first-order valence-electron chi connectivity index (χ1n) is 12.2. The molecule has 3 heterocycles. The van der Waals surface area contributed by atoms with Gasteiger partial charge in [0.05, 0.1) is 23.1 Å². The van der Waals surface area contributed by atoms with E-state index in [9.17, 15) is 0 Å². The predicted octanol–water partition coefficient (Wildman–Crippen LogP) is 6.27. The summed E-state index contributed by atoms with van der Waals surface area (Å²) >= 11 is 0. The van der Waals surface area contributed by atoms with E-state index in [4.69, 9.17) is 4.98 Å². The van der Waals surface area contributed by atoms with Crippen molar-refractivity contribution < 1.29 is 0 Å². The molecule has 7 heteroatoms. The average molecular weight is 490 g/mol. The fourth-order valence-electron chi connectivity index (χ4n) is 4.59. The lowest BCUT2D eigenvalue weighted by atomic mass is 10.0. The fraction of sp³-hybridized carbons (Fsp3) is 0.167. The monoisotopic (exact) mass is 489 g/mol. The summed E-state index contributed by atoms with van der Waals surface area (Å²) in [5.74, 6) is 0.724. The van der Waals surface area contributed by atoms with E-state index >= 15 is 0 Å². The van der Waals surface area contributed by atoms with Gasteiger partial charge in [-0.2, -0.15) is 5.10 Å². The molecule has 3 N–H and O–H groups in total. The molecule has 1 aliphatic rings. The van der Waals surface area contributed by atoms with Crippen LogP contribution in [0, 0.1) is 6.92 Å². The smallest absolute Gasteiger partial charge is 0.159 e. The molecule has 0 saturated heterocycles. The third-order valence-electron chi connectivity index (χ3n) is 6.19. The van der Waals surface area contributed by atoms with Crippen molar-refractivity contribution in [1.82, 2.24) is 30.0 Å². The normalized spacial score (nSPS) is 13.4. The number of imidazole rings is 1. The quantitative estimate of drug-likeness (QED) is 0.241. The SMILES string of the molecule is C=C/C=C(/C1=CCC=C1)c1nc(-c2n[nH]c3ccc(-c4cncc(NC(=C)CN(C)C)c4)cc23)[nH]c1C. The molecule has 0 bridgehead atoms. The molecule has 1 aliphatic carbocycles. The number of nitrogens with one attached hydrogen (secondary N) is 3. The van der Waals surface area contributed by atoms with Gasteiger partial charge in [0.25, 0.3) is 0 Å². The van der Waals surface area contributed by atoms with Gasteiger partial charge in [-0.15, -0.1) is 0 Å². The molecular formula is C30H31N7. The minimum absolute atomic E-state index is 0.724. The molecule has 3 aromatic heterocycles. The van der Waals surface area contributed by atoms with Crippen LogP contribution in [0.1, 0.15) is 17.8 Å². The lowest BCUT2D eigenvalue weighted by Crippen LogP contribution is -2.18. The number of pyridine rings is 1. The Morgan fingerprint density at radius 3 is 2.81 bits per heavy atom. The third-order valence-corrected chi connectivity index (χ3v) is 6.19. The maximum atomic E-state index is 4.97. The highest BCUT2D eigenvalue weighted by Gasteiger charge is 2.19. The van der Waals surface area contributed by atoms with Gasteiger partial charge in [-0.1, -0.05) is 49.6 Å². The molecular weight excluding hydrogens is 458 g/mol. The number of benzene rings is 1. The first-order chi connectivity index (χ1) is 17.9. The van der Waals surface area contributed by atoms with Crippen LogP contribution in [0.2, 0.25) is 0 Å². The van der Waals surface area contributed by atoms with Crippen molar-refractivity contribution in [1.29, 1.82) is 0 Å². The van der Waals surface area contributed by atoms with Gasteiger partial charge < -0.3 is 15.2 Å². The second-order valence-corrected chi connectivity index (χ2v) is 9.43. The second kappa shape index (κ2) is 10.2. The van der Waals surface area contributed by atoms with Crippen LogP contribution in [0.15, 0.2) is 91.5 Å². The highest BCUT2D eigenvalue weighted by Crippen LogP contribution is 2.33. The lowest BCUT2D eigenvalue weighted by Gasteiger charge is -2.14. The Morgan fingerprint density at radius 1 is 1.19 bits per heavy atom. The maximum absolute atomic E-state index is 4.97. The Kier molecular flexibility index (Phi) is 6.70. The van der Waals surface area contributed by atoms with E-state index in [0.717, 1.165) is 80.4 Å². The number of hydrogen-bond donors (Lipinski definition) is 3. The minimum Gasteiger partial charge on any atom is -0.357 e. The maximum Gasteiger partial charge on any atom is 0.159 e. The number of nitrogens with zero attached hydrogens (tertiary/aromatic N) is 4. The predicted molar refractivity (Wildman–Crippen MR) is 153 cm³/mol. The number of likely N-dealkylation sites (N-methyl/N-ethyl adjacent to an activating group) is 1. The van der Waals surface area contributed by atoms with Crippen LogP contribution in [0.5, 0.6) is 0 Å². The van der Waals surface area contributed by atoms with Crippen LogP contribution < -0.4 is 5.32 Å². The van der Waals surface area contributed by atoms with Crippen LogP contribution in [0.3, 0.4) is 0 Å². The number of aromatic nitrogens is 5. The molecule has 0 amide bonds. The Hall–Kier alpha value is -4.49. The highest BCUT2D eigenvalue weighted by molar-refractivity contribution is 5.95. The summed E-state index contributed by atoms with van der Waals surface area (Å²) in [6.07, 6.45) is 14.9.